The van der Waals surface area contributed by atoms with Crippen molar-refractivity contribution in [3.8, 4) is 0 Å². The van der Waals surface area contributed by atoms with Crippen molar-refractivity contribution in [2.24, 2.45) is 0 Å². The number of rotatable bonds is 1. The van der Waals surface area contributed by atoms with E-state index in [0.717, 1.165) is 13.0 Å². The Kier molecular flexibility index (Phi) is 5.04. The molecule has 0 radical (unpaired) electrons. The fraction of sp³-hybridized carbons (Fsp3) is 1.00. The van der Waals surface area contributed by atoms with Gasteiger partial charge in [0.05, 0.1) is 6.10 Å². The molecular weight excluding hydrogens is 150 g/mol. The second-order valence-electron chi connectivity index (χ2n) is 2.74. The molecule has 1 rings (SSSR count). The van der Waals surface area contributed by atoms with Crippen molar-refractivity contribution in [1.29, 1.82) is 0 Å². The molecule has 0 aromatic heterocycles. The SMILES string of the molecule is CO[C@H]1CCN[C@@H](C)C1.Cl. The Morgan fingerprint density at radius 2 is 2.20 bits per heavy atom. The summed E-state index contributed by atoms with van der Waals surface area (Å²) < 4.78 is 5.22. The Morgan fingerprint density at radius 1 is 1.50 bits per heavy atom. The van der Waals surface area contributed by atoms with Crippen LogP contribution in [0.1, 0.15) is 19.8 Å². The first-order valence-electron chi connectivity index (χ1n) is 3.59. The van der Waals surface area contributed by atoms with E-state index in [4.69, 9.17) is 4.74 Å². The number of hydrogen-bond donors (Lipinski definition) is 1. The van der Waals surface area contributed by atoms with Crippen molar-refractivity contribution in [3.63, 3.8) is 0 Å². The molecule has 3 heteroatoms. The molecule has 0 saturated carbocycles. The van der Waals surface area contributed by atoms with Crippen LogP contribution in [0.3, 0.4) is 0 Å². The summed E-state index contributed by atoms with van der Waals surface area (Å²) in [6.45, 7) is 3.31. The number of hydrogen-bond acceptors (Lipinski definition) is 2. The highest BCUT2D eigenvalue weighted by atomic mass is 35.5. The average Bonchev–Trinajstić information content (AvgIpc) is 1.88. The second kappa shape index (κ2) is 4.94. The molecule has 0 unspecified atom stereocenters. The predicted octanol–water partition coefficient (Wildman–Crippen LogP) is 1.20. The number of nitrogens with one attached hydrogen (secondary N) is 1. The van der Waals surface area contributed by atoms with Gasteiger partial charge in [-0.25, -0.2) is 0 Å². The van der Waals surface area contributed by atoms with Crippen LogP contribution in [0.5, 0.6) is 0 Å². The van der Waals surface area contributed by atoms with Gasteiger partial charge in [0.2, 0.25) is 0 Å². The van der Waals surface area contributed by atoms with Crippen molar-refractivity contribution in [2.75, 3.05) is 13.7 Å². The van der Waals surface area contributed by atoms with Crippen LogP contribution in [0, 0.1) is 0 Å². The molecule has 0 bridgehead atoms. The van der Waals surface area contributed by atoms with Gasteiger partial charge in [-0.1, -0.05) is 0 Å². The van der Waals surface area contributed by atoms with Gasteiger partial charge >= 0.3 is 0 Å². The highest BCUT2D eigenvalue weighted by molar-refractivity contribution is 5.85. The minimum absolute atomic E-state index is 0. The van der Waals surface area contributed by atoms with Crippen LogP contribution >= 0.6 is 12.4 Å². The Bertz CT molecular complexity index is 89.7. The zero-order valence-corrected chi connectivity index (χ0v) is 7.41. The molecule has 1 aliphatic heterocycles. The Hall–Kier alpha value is 0.210. The van der Waals surface area contributed by atoms with Gasteiger partial charge in [-0.3, -0.25) is 0 Å². The molecule has 0 amide bonds. The molecule has 1 fully saturated rings. The van der Waals surface area contributed by atoms with Crippen LogP contribution < -0.4 is 5.32 Å². The number of ether oxygens (including phenoxy) is 1. The number of methoxy groups -OCH3 is 1. The van der Waals surface area contributed by atoms with Crippen LogP contribution in [0.2, 0.25) is 0 Å². The molecule has 2 nitrogen and oxygen atoms in total. The summed E-state index contributed by atoms with van der Waals surface area (Å²) in [4.78, 5) is 0. The maximum absolute atomic E-state index is 5.22. The van der Waals surface area contributed by atoms with E-state index in [-0.39, 0.29) is 12.4 Å². The molecule has 0 spiro atoms. The molecule has 2 atom stereocenters. The van der Waals surface area contributed by atoms with Crippen molar-refractivity contribution in [2.45, 2.75) is 31.9 Å². The van der Waals surface area contributed by atoms with E-state index in [2.05, 4.69) is 12.2 Å². The molecule has 1 saturated heterocycles. The summed E-state index contributed by atoms with van der Waals surface area (Å²) in [5.74, 6) is 0. The van der Waals surface area contributed by atoms with Crippen molar-refractivity contribution < 1.29 is 4.74 Å². The van der Waals surface area contributed by atoms with Crippen LogP contribution in [0.4, 0.5) is 0 Å². The lowest BCUT2D eigenvalue weighted by molar-refractivity contribution is 0.0647. The van der Waals surface area contributed by atoms with Crippen molar-refractivity contribution in [1.82, 2.24) is 5.32 Å². The third-order valence-corrected chi connectivity index (χ3v) is 1.91. The maximum Gasteiger partial charge on any atom is 0.0598 e. The fourth-order valence-corrected chi connectivity index (χ4v) is 1.30. The Balaban J connectivity index is 0.000000810. The first kappa shape index (κ1) is 10.2. The predicted molar refractivity (Wildman–Crippen MR) is 44.7 cm³/mol. The first-order chi connectivity index (χ1) is 4.33. The van der Waals surface area contributed by atoms with Crippen LogP contribution in [-0.2, 0) is 4.74 Å². The van der Waals surface area contributed by atoms with E-state index in [1.165, 1.54) is 6.42 Å². The lowest BCUT2D eigenvalue weighted by Crippen LogP contribution is -2.38. The normalized spacial score (nSPS) is 33.0. The summed E-state index contributed by atoms with van der Waals surface area (Å²) in [5.41, 5.74) is 0. The monoisotopic (exact) mass is 165 g/mol. The van der Waals surface area contributed by atoms with Gasteiger partial charge in [0.15, 0.2) is 0 Å². The van der Waals surface area contributed by atoms with Crippen molar-refractivity contribution >= 4 is 12.4 Å². The quantitative estimate of drug-likeness (QED) is 0.631. The zero-order chi connectivity index (χ0) is 6.69. The van der Waals surface area contributed by atoms with E-state index in [1.54, 1.807) is 7.11 Å². The second-order valence-corrected chi connectivity index (χ2v) is 2.74. The fourth-order valence-electron chi connectivity index (χ4n) is 1.30. The largest absolute Gasteiger partial charge is 0.381 e. The molecule has 0 aliphatic carbocycles. The summed E-state index contributed by atoms with van der Waals surface area (Å²) in [6.07, 6.45) is 2.83. The van der Waals surface area contributed by atoms with Crippen LogP contribution in [-0.4, -0.2) is 25.8 Å². The van der Waals surface area contributed by atoms with Gasteiger partial charge < -0.3 is 10.1 Å². The first-order valence-corrected chi connectivity index (χ1v) is 3.59. The van der Waals surface area contributed by atoms with Crippen molar-refractivity contribution in [3.05, 3.63) is 0 Å². The van der Waals surface area contributed by atoms with E-state index in [9.17, 15) is 0 Å². The van der Waals surface area contributed by atoms with Gasteiger partial charge in [0, 0.05) is 13.2 Å². The van der Waals surface area contributed by atoms with Gasteiger partial charge in [-0.15, -0.1) is 12.4 Å². The van der Waals surface area contributed by atoms with Gasteiger partial charge in [0.1, 0.15) is 0 Å². The Labute approximate surface area is 68.7 Å². The van der Waals surface area contributed by atoms with E-state index in [0.29, 0.717) is 12.1 Å². The minimum Gasteiger partial charge on any atom is -0.381 e. The molecule has 10 heavy (non-hydrogen) atoms. The molecule has 62 valence electrons. The van der Waals surface area contributed by atoms with Crippen LogP contribution in [0.25, 0.3) is 0 Å². The summed E-state index contributed by atoms with van der Waals surface area (Å²) in [5, 5.41) is 3.37. The zero-order valence-electron chi connectivity index (χ0n) is 6.59. The average molecular weight is 166 g/mol. The summed E-state index contributed by atoms with van der Waals surface area (Å²) in [6, 6.07) is 0.642. The van der Waals surface area contributed by atoms with Gasteiger partial charge in [0.25, 0.3) is 0 Å². The molecule has 0 aromatic rings. The summed E-state index contributed by atoms with van der Waals surface area (Å²) >= 11 is 0. The minimum atomic E-state index is 0. The number of piperidine rings is 1. The topological polar surface area (TPSA) is 21.3 Å². The van der Waals surface area contributed by atoms with E-state index >= 15 is 0 Å². The van der Waals surface area contributed by atoms with Gasteiger partial charge in [-0.05, 0) is 26.3 Å². The molecular formula is C7H16ClNO. The summed E-state index contributed by atoms with van der Waals surface area (Å²) in [7, 11) is 1.79. The lowest BCUT2D eigenvalue weighted by Gasteiger charge is -2.26. The third kappa shape index (κ3) is 2.86. The molecule has 1 N–H and O–H groups in total. The highest BCUT2D eigenvalue weighted by Crippen LogP contribution is 2.10. The van der Waals surface area contributed by atoms with E-state index < -0.39 is 0 Å². The van der Waals surface area contributed by atoms with E-state index in [1.807, 2.05) is 0 Å². The lowest BCUT2D eigenvalue weighted by atomic mass is 10.0. The Morgan fingerprint density at radius 3 is 2.60 bits per heavy atom. The molecule has 1 aliphatic rings. The molecule has 1 heterocycles. The highest BCUT2D eigenvalue weighted by Gasteiger charge is 2.16. The van der Waals surface area contributed by atoms with Gasteiger partial charge in [-0.2, -0.15) is 0 Å². The van der Waals surface area contributed by atoms with Crippen LogP contribution in [0.15, 0.2) is 0 Å². The maximum atomic E-state index is 5.22. The molecule has 0 aromatic carbocycles. The smallest absolute Gasteiger partial charge is 0.0598 e. The number of halogens is 1. The third-order valence-electron chi connectivity index (χ3n) is 1.91. The standard InChI is InChI=1S/C7H15NO.ClH/c1-6-5-7(9-2)3-4-8-6;/h6-8H,3-5H2,1-2H3;1H/t6-,7-;/m0./s1.